The van der Waals surface area contributed by atoms with Crippen LogP contribution in [0.3, 0.4) is 0 Å². The first-order valence-electron chi connectivity index (χ1n) is 7.14. The van der Waals surface area contributed by atoms with Gasteiger partial charge in [-0.15, -0.1) is 21.5 Å². The second-order valence-corrected chi connectivity index (χ2v) is 5.79. The first kappa shape index (κ1) is 15.2. The van der Waals surface area contributed by atoms with Crippen LogP contribution in [0.25, 0.3) is 5.82 Å². The molecule has 8 heteroatoms. The molecule has 0 saturated heterocycles. The van der Waals surface area contributed by atoms with Gasteiger partial charge in [-0.25, -0.2) is 4.68 Å². The number of thiophene rings is 1. The Kier molecular flexibility index (Phi) is 4.62. The van der Waals surface area contributed by atoms with Crippen molar-refractivity contribution in [1.29, 1.82) is 0 Å². The van der Waals surface area contributed by atoms with Gasteiger partial charge in [-0.2, -0.15) is 5.10 Å². The molecule has 23 heavy (non-hydrogen) atoms. The van der Waals surface area contributed by atoms with Crippen LogP contribution in [0, 0.1) is 6.92 Å². The van der Waals surface area contributed by atoms with Gasteiger partial charge in [0.15, 0.2) is 5.82 Å². The smallest absolute Gasteiger partial charge is 0.261 e. The lowest BCUT2D eigenvalue weighted by Gasteiger charge is -2.06. The predicted octanol–water partition coefficient (Wildman–Crippen LogP) is 1.87. The van der Waals surface area contributed by atoms with Crippen LogP contribution in [0.15, 0.2) is 41.9 Å². The highest BCUT2D eigenvalue weighted by atomic mass is 32.1. The molecule has 3 aromatic heterocycles. The number of aryl methyl sites for hydroxylation is 1. The van der Waals surface area contributed by atoms with E-state index >= 15 is 0 Å². The number of nitrogens with zero attached hydrogens (tertiary/aromatic N) is 4. The SMILES string of the molecule is Cc1ccn(-c2ccc(NCCNC(=O)c3cccs3)nn2)n1. The highest BCUT2D eigenvalue weighted by Crippen LogP contribution is 2.08. The van der Waals surface area contributed by atoms with Crippen LogP contribution in [0.5, 0.6) is 0 Å². The summed E-state index contributed by atoms with van der Waals surface area (Å²) in [6, 6.07) is 9.24. The fourth-order valence-corrected chi connectivity index (χ4v) is 2.59. The minimum atomic E-state index is -0.0581. The average Bonchev–Trinajstić information content (AvgIpc) is 3.23. The third-order valence-corrected chi connectivity index (χ3v) is 3.94. The van der Waals surface area contributed by atoms with E-state index in [9.17, 15) is 4.79 Å². The fraction of sp³-hybridized carbons (Fsp3) is 0.200. The third kappa shape index (κ3) is 3.92. The molecule has 1 amide bonds. The second-order valence-electron chi connectivity index (χ2n) is 4.84. The van der Waals surface area contributed by atoms with Crippen molar-refractivity contribution in [3.05, 3.63) is 52.5 Å². The standard InChI is InChI=1S/C15H16N6OS/c1-11-6-9-21(20-11)14-5-4-13(18-19-14)16-7-8-17-15(22)12-3-2-10-23-12/h2-6,9-10H,7-8H2,1H3,(H,16,18)(H,17,22). The average molecular weight is 328 g/mol. The lowest BCUT2D eigenvalue weighted by molar-refractivity contribution is 0.0959. The van der Waals surface area contributed by atoms with Crippen LogP contribution in [-0.4, -0.2) is 39.0 Å². The van der Waals surface area contributed by atoms with Gasteiger partial charge in [0.05, 0.1) is 10.6 Å². The summed E-state index contributed by atoms with van der Waals surface area (Å²) in [6.45, 7) is 3.01. The van der Waals surface area contributed by atoms with Gasteiger partial charge in [0.2, 0.25) is 0 Å². The van der Waals surface area contributed by atoms with Crippen molar-refractivity contribution in [1.82, 2.24) is 25.3 Å². The summed E-state index contributed by atoms with van der Waals surface area (Å²) in [4.78, 5) is 12.5. The van der Waals surface area contributed by atoms with Gasteiger partial charge >= 0.3 is 0 Å². The van der Waals surface area contributed by atoms with Gasteiger partial charge in [0.1, 0.15) is 5.82 Å². The van der Waals surface area contributed by atoms with Crippen molar-refractivity contribution in [2.75, 3.05) is 18.4 Å². The molecule has 0 aliphatic heterocycles. The number of carbonyl (C=O) groups excluding carboxylic acids is 1. The minimum Gasteiger partial charge on any atom is -0.367 e. The number of nitrogens with one attached hydrogen (secondary N) is 2. The Hall–Kier alpha value is -2.74. The van der Waals surface area contributed by atoms with E-state index in [1.807, 2.05) is 42.8 Å². The molecule has 2 N–H and O–H groups in total. The van der Waals surface area contributed by atoms with Crippen molar-refractivity contribution in [3.8, 4) is 5.82 Å². The van der Waals surface area contributed by atoms with Gasteiger partial charge in [0.25, 0.3) is 5.91 Å². The quantitative estimate of drug-likeness (QED) is 0.675. The van der Waals surface area contributed by atoms with Gasteiger partial charge < -0.3 is 10.6 Å². The summed E-state index contributed by atoms with van der Waals surface area (Å²) in [6.07, 6.45) is 1.84. The van der Waals surface area contributed by atoms with Gasteiger partial charge in [-0.05, 0) is 36.6 Å². The van der Waals surface area contributed by atoms with Crippen molar-refractivity contribution < 1.29 is 4.79 Å². The van der Waals surface area contributed by atoms with E-state index in [0.29, 0.717) is 29.6 Å². The maximum atomic E-state index is 11.8. The molecule has 0 unspecified atom stereocenters. The zero-order valence-corrected chi connectivity index (χ0v) is 13.4. The molecule has 0 spiro atoms. The lowest BCUT2D eigenvalue weighted by Crippen LogP contribution is -2.28. The van der Waals surface area contributed by atoms with Crippen LogP contribution in [-0.2, 0) is 0 Å². The fourth-order valence-electron chi connectivity index (χ4n) is 1.95. The maximum Gasteiger partial charge on any atom is 0.261 e. The monoisotopic (exact) mass is 328 g/mol. The van der Waals surface area contributed by atoms with E-state index in [1.54, 1.807) is 10.7 Å². The Morgan fingerprint density at radius 2 is 2.13 bits per heavy atom. The molecular weight excluding hydrogens is 312 g/mol. The van der Waals surface area contributed by atoms with Crippen LogP contribution >= 0.6 is 11.3 Å². The van der Waals surface area contributed by atoms with E-state index in [1.165, 1.54) is 11.3 Å². The highest BCUT2D eigenvalue weighted by Gasteiger charge is 2.05. The van der Waals surface area contributed by atoms with Crippen LogP contribution in [0.4, 0.5) is 5.82 Å². The molecule has 0 bridgehead atoms. The predicted molar refractivity (Wildman–Crippen MR) is 89.0 cm³/mol. The van der Waals surface area contributed by atoms with Gasteiger partial charge in [-0.3, -0.25) is 4.79 Å². The molecule has 0 radical (unpaired) electrons. The maximum absolute atomic E-state index is 11.8. The second kappa shape index (κ2) is 7.01. The van der Waals surface area contributed by atoms with Crippen LogP contribution < -0.4 is 10.6 Å². The minimum absolute atomic E-state index is 0.0581. The molecule has 3 rings (SSSR count). The number of hydrogen-bond acceptors (Lipinski definition) is 6. The molecule has 7 nitrogen and oxygen atoms in total. The largest absolute Gasteiger partial charge is 0.367 e. The molecule has 118 valence electrons. The van der Waals surface area contributed by atoms with Crippen LogP contribution in [0.2, 0.25) is 0 Å². The normalized spacial score (nSPS) is 10.5. The van der Waals surface area contributed by atoms with Crippen molar-refractivity contribution in [2.24, 2.45) is 0 Å². The Bertz CT molecular complexity index is 766. The summed E-state index contributed by atoms with van der Waals surface area (Å²) < 4.78 is 1.67. The highest BCUT2D eigenvalue weighted by molar-refractivity contribution is 7.12. The van der Waals surface area contributed by atoms with E-state index in [0.717, 1.165) is 5.69 Å². The number of amides is 1. The molecular formula is C15H16N6OS. The number of aromatic nitrogens is 4. The first-order valence-corrected chi connectivity index (χ1v) is 8.02. The van der Waals surface area contributed by atoms with Crippen molar-refractivity contribution in [2.45, 2.75) is 6.92 Å². The summed E-state index contributed by atoms with van der Waals surface area (Å²) >= 11 is 1.42. The topological polar surface area (TPSA) is 84.7 Å². The zero-order valence-electron chi connectivity index (χ0n) is 12.6. The summed E-state index contributed by atoms with van der Waals surface area (Å²) in [5, 5.41) is 20.3. The molecule has 0 aliphatic rings. The Morgan fingerprint density at radius 1 is 1.22 bits per heavy atom. The summed E-state index contributed by atoms with van der Waals surface area (Å²) in [5.74, 6) is 1.26. The van der Waals surface area contributed by atoms with E-state index in [4.69, 9.17) is 0 Å². The number of carbonyl (C=O) groups is 1. The summed E-state index contributed by atoms with van der Waals surface area (Å²) in [7, 11) is 0. The number of anilines is 1. The number of hydrogen-bond donors (Lipinski definition) is 2. The lowest BCUT2D eigenvalue weighted by atomic mass is 10.4. The van der Waals surface area contributed by atoms with Crippen LogP contribution in [0.1, 0.15) is 15.4 Å². The first-order chi connectivity index (χ1) is 11.2. The zero-order chi connectivity index (χ0) is 16.1. The molecule has 0 atom stereocenters. The van der Waals surface area contributed by atoms with Crippen molar-refractivity contribution >= 4 is 23.1 Å². The van der Waals surface area contributed by atoms with Crippen molar-refractivity contribution in [3.63, 3.8) is 0 Å². The molecule has 0 aliphatic carbocycles. The molecule has 3 heterocycles. The number of rotatable bonds is 6. The molecule has 0 saturated carbocycles. The molecule has 0 aromatic carbocycles. The Labute approximate surface area is 137 Å². The van der Waals surface area contributed by atoms with Gasteiger partial charge in [0, 0.05) is 19.3 Å². The summed E-state index contributed by atoms with van der Waals surface area (Å²) in [5.41, 5.74) is 0.926. The Balaban J connectivity index is 1.46. The van der Waals surface area contributed by atoms with E-state index in [2.05, 4.69) is 25.9 Å². The molecule has 0 fully saturated rings. The third-order valence-electron chi connectivity index (χ3n) is 3.07. The molecule has 3 aromatic rings. The van der Waals surface area contributed by atoms with E-state index in [-0.39, 0.29) is 5.91 Å². The Morgan fingerprint density at radius 3 is 2.78 bits per heavy atom. The van der Waals surface area contributed by atoms with E-state index < -0.39 is 0 Å². The van der Waals surface area contributed by atoms with Gasteiger partial charge in [-0.1, -0.05) is 6.07 Å².